The predicted octanol–water partition coefficient (Wildman–Crippen LogP) is 11.4. The van der Waals surface area contributed by atoms with Crippen molar-refractivity contribution in [3.8, 4) is 45.3 Å². The third-order valence-electron chi connectivity index (χ3n) is 15.6. The Kier molecular flexibility index (Phi) is 33.1. The number of aliphatic carboxylic acids is 1. The Morgan fingerprint density at radius 1 is 0.457 bits per heavy atom. The molecule has 0 aliphatic carbocycles. The fourth-order valence-electron chi connectivity index (χ4n) is 10.9. The van der Waals surface area contributed by atoms with E-state index >= 15 is 4.39 Å². The van der Waals surface area contributed by atoms with Gasteiger partial charge in [0.05, 0.1) is 38.7 Å². The van der Waals surface area contributed by atoms with Crippen molar-refractivity contribution in [1.29, 1.82) is 0 Å². The minimum atomic E-state index is -3.64. The first-order valence-corrected chi connectivity index (χ1v) is 36.5. The average Bonchev–Trinajstić information content (AvgIpc) is 1.78. The van der Waals surface area contributed by atoms with Crippen LogP contribution in [-0.4, -0.2) is 73.5 Å². The van der Waals surface area contributed by atoms with E-state index in [4.69, 9.17) is 60.2 Å². The maximum absolute atomic E-state index is 15.1. The zero-order valence-electron chi connectivity index (χ0n) is 57.6. The fourth-order valence-corrected chi connectivity index (χ4v) is 14.0. The van der Waals surface area contributed by atoms with Crippen molar-refractivity contribution >= 4 is 117 Å². The second-order valence-corrected chi connectivity index (χ2v) is 27.2. The van der Waals surface area contributed by atoms with Crippen molar-refractivity contribution < 1.29 is 103 Å². The van der Waals surface area contributed by atoms with Crippen LogP contribution in [0.4, 0.5) is 13.2 Å². The number of nitrogens with two attached hydrogens (primary N) is 3. The Morgan fingerprint density at radius 2 is 0.810 bits per heavy atom. The van der Waals surface area contributed by atoms with Gasteiger partial charge in [-0.2, -0.15) is 8.42 Å². The molecule has 9 aromatic carbocycles. The summed E-state index contributed by atoms with van der Waals surface area (Å²) in [5.41, 5.74) is 25.0. The number of rotatable bonds is 25. The molecule has 105 heavy (non-hydrogen) atoms. The number of hydrogen-bond donors (Lipinski definition) is 6. The molecule has 10 N–H and O–H groups in total. The Bertz CT molecular complexity index is 5030. The van der Waals surface area contributed by atoms with E-state index in [9.17, 15) is 31.6 Å². The Labute approximate surface area is 636 Å². The van der Waals surface area contributed by atoms with E-state index in [1.807, 2.05) is 119 Å². The molecule has 0 bridgehead atoms. The molecule has 0 unspecified atom stereocenters. The standard InChI is InChI=1S/C26H24FNO3S.C24H20FNO3S.C20H20O6S2.C7H9BFNO2.ClH.Li.H2O/c1-2-30-25(29)14-18-6-3-4-9-23(18)31-16-17-12-22(20-10-11-32-24(20)13-17)21-8-5-7-19(15-28)26(21)27;25-24-17(13-26)5-3-6-19(24)20-10-15(11-22-18(20)8-9-30-22)14-29-21-7-2-1-4-16(21)12-23(27)28;1-3-24-20(21)12-15-6-4-5-7-17(15)25-13-14-10-18(26-28(2,22)23)16-8-9-27-19(16)11-14;9-7-5(4-10)2-1-3-6(7)8(11)12;;;/h3-13H,2,14-16,28H2,1H3;1-11H,12-14,26H2,(H,27,28);4-11H,3,12-13H2,1-2H3;1-3,11-12H,4,10H2;1H;;1H2/q;;;;;+1;/p-1. The minimum absolute atomic E-state index is 0. The topological polar surface area (TPSA) is 309 Å². The van der Waals surface area contributed by atoms with Crippen LogP contribution in [0.25, 0.3) is 52.5 Å². The number of ether oxygens (including phenoxy) is 5. The molecule has 0 saturated carbocycles. The van der Waals surface area contributed by atoms with Crippen molar-refractivity contribution in [3.05, 3.63) is 266 Å². The number of halogens is 4. The maximum atomic E-state index is 15.1. The van der Waals surface area contributed by atoms with Gasteiger partial charge >= 0.3 is 54.0 Å². The number of carboxylic acid groups (broad SMARTS) is 1. The third kappa shape index (κ3) is 23.2. The smallest absolute Gasteiger partial charge is 0.870 e. The van der Waals surface area contributed by atoms with Crippen LogP contribution in [0.2, 0.25) is 0 Å². The van der Waals surface area contributed by atoms with Gasteiger partial charge < -0.3 is 65.7 Å². The van der Waals surface area contributed by atoms with Crippen LogP contribution in [-0.2, 0) is 92.7 Å². The SMILES string of the molecule is CCOC(=O)Cc1ccccc1OCc1cc(-c2cccc(CN)c2F)c2ccsc2c1.CCOC(=O)Cc1ccccc1OCc1cc(OS(C)(=O)=O)c2ccsc2c1.Cl.NCc1cccc(-c2cc(COc3ccccc3CC(=O)O)cc3sccc23)c1F.NCc1cccc(B(O)O)c1F.[Li+].[OH-]. The molecule has 12 aromatic rings. The molecular weight excluding hydrogens is 1450 g/mol. The van der Waals surface area contributed by atoms with Gasteiger partial charge in [0.25, 0.3) is 0 Å². The van der Waals surface area contributed by atoms with Crippen LogP contribution in [0.5, 0.6) is 23.0 Å². The van der Waals surface area contributed by atoms with Gasteiger partial charge in [-0.15, -0.1) is 46.4 Å². The van der Waals surface area contributed by atoms with Gasteiger partial charge in [0.15, 0.2) is 5.75 Å². The van der Waals surface area contributed by atoms with Crippen molar-refractivity contribution in [2.75, 3.05) is 19.5 Å². The largest absolute Gasteiger partial charge is 1.00 e. The summed E-state index contributed by atoms with van der Waals surface area (Å²) in [6.07, 6.45) is 1.18. The summed E-state index contributed by atoms with van der Waals surface area (Å²) in [5, 5.41) is 35.1. The number of carbonyl (C=O) groups excluding carboxylic acids is 2. The van der Waals surface area contributed by atoms with Crippen molar-refractivity contribution in [2.45, 2.75) is 72.6 Å². The number of hydrogen-bond acceptors (Lipinski definition) is 20. The molecule has 0 aliphatic rings. The van der Waals surface area contributed by atoms with Crippen molar-refractivity contribution in [2.24, 2.45) is 17.2 Å². The monoisotopic (exact) mass is 1520 g/mol. The van der Waals surface area contributed by atoms with Crippen LogP contribution in [0, 0.1) is 17.5 Å². The first kappa shape index (κ1) is 84.9. The molecule has 18 nitrogen and oxygen atoms in total. The number of carboxylic acids is 1. The first-order chi connectivity index (χ1) is 49.2. The molecule has 0 fully saturated rings. The summed E-state index contributed by atoms with van der Waals surface area (Å²) in [4.78, 5) is 34.8. The van der Waals surface area contributed by atoms with Gasteiger partial charge in [0, 0.05) is 99.9 Å². The van der Waals surface area contributed by atoms with Gasteiger partial charge in [-0.1, -0.05) is 109 Å². The van der Waals surface area contributed by atoms with E-state index in [-0.39, 0.29) is 129 Å². The van der Waals surface area contributed by atoms with Crippen molar-refractivity contribution in [1.82, 2.24) is 0 Å². The van der Waals surface area contributed by atoms with E-state index in [1.54, 1.807) is 91.1 Å². The number of benzene rings is 9. The zero-order chi connectivity index (χ0) is 72.9. The fraction of sp³-hybridized carbons (Fsp3) is 0.182. The van der Waals surface area contributed by atoms with Crippen molar-refractivity contribution in [3.63, 3.8) is 0 Å². The van der Waals surface area contributed by atoms with Gasteiger partial charge in [0.1, 0.15) is 54.5 Å². The Morgan fingerprint density at radius 3 is 1.19 bits per heavy atom. The average molecular weight is 1520 g/mol. The minimum Gasteiger partial charge on any atom is -0.870 e. The molecule has 544 valence electrons. The summed E-state index contributed by atoms with van der Waals surface area (Å²) >= 11 is 4.67. The maximum Gasteiger partial charge on any atom is 1.00 e. The Hall–Kier alpha value is -9.08. The van der Waals surface area contributed by atoms with Crippen LogP contribution in [0.15, 0.2) is 198 Å². The summed E-state index contributed by atoms with van der Waals surface area (Å²) in [7, 11) is -5.42. The van der Waals surface area contributed by atoms with E-state index in [0.29, 0.717) is 64.9 Å². The third-order valence-corrected chi connectivity index (χ3v) is 18.7. The van der Waals surface area contributed by atoms with E-state index in [1.165, 1.54) is 29.5 Å². The quantitative estimate of drug-likeness (QED) is 0.0176. The molecule has 0 radical (unpaired) electrons. The molecule has 0 spiro atoms. The molecule has 3 heterocycles. The number of carbonyl (C=O) groups is 3. The van der Waals surface area contributed by atoms with Crippen LogP contribution >= 0.6 is 46.4 Å². The second kappa shape index (κ2) is 41.0. The molecular formula is C77H75BClF3LiN3O15S4. The zero-order valence-corrected chi connectivity index (χ0v) is 61.7. The molecule has 0 aliphatic heterocycles. The van der Waals surface area contributed by atoms with Crippen LogP contribution in [0.3, 0.4) is 0 Å². The predicted molar refractivity (Wildman–Crippen MR) is 405 cm³/mol. The summed E-state index contributed by atoms with van der Waals surface area (Å²) in [6, 6.07) is 54.0. The van der Waals surface area contributed by atoms with Gasteiger partial charge in [-0.05, 0) is 131 Å². The second-order valence-electron chi connectivity index (χ2n) is 22.8. The van der Waals surface area contributed by atoms with E-state index in [0.717, 1.165) is 75.5 Å². The number of esters is 2. The summed E-state index contributed by atoms with van der Waals surface area (Å²) in [5.74, 6) is -0.749. The molecule has 28 heteroatoms. The van der Waals surface area contributed by atoms with Crippen LogP contribution in [0.1, 0.15) is 63.9 Å². The van der Waals surface area contributed by atoms with E-state index in [2.05, 4.69) is 6.07 Å². The number of thiophene rings is 3. The van der Waals surface area contributed by atoms with E-state index < -0.39 is 29.0 Å². The normalized spacial score (nSPS) is 10.7. The molecule has 3 aromatic heterocycles. The summed E-state index contributed by atoms with van der Waals surface area (Å²) < 4.78 is 102. The number of para-hydroxylation sites is 3. The molecule has 12 rings (SSSR count). The van der Waals surface area contributed by atoms with Gasteiger partial charge in [0.2, 0.25) is 0 Å². The molecule has 0 atom stereocenters. The Balaban J connectivity index is 0.000000226. The van der Waals surface area contributed by atoms with Crippen LogP contribution < -0.4 is 59.9 Å². The summed E-state index contributed by atoms with van der Waals surface area (Å²) in [6.45, 7) is 5.28. The van der Waals surface area contributed by atoms with Gasteiger partial charge in [-0.25, -0.2) is 13.2 Å². The number of fused-ring (bicyclic) bond motifs is 3. The molecule has 0 saturated heterocycles. The first-order valence-electron chi connectivity index (χ1n) is 32.0. The molecule has 0 amide bonds. The van der Waals surface area contributed by atoms with Gasteiger partial charge in [-0.3, -0.25) is 14.4 Å².